The van der Waals surface area contributed by atoms with Gasteiger partial charge in [-0.05, 0) is 6.42 Å². The van der Waals surface area contributed by atoms with Crippen molar-refractivity contribution >= 4 is 22.9 Å². The Morgan fingerprint density at radius 3 is 2.85 bits per heavy atom. The third-order valence-electron chi connectivity index (χ3n) is 3.16. The zero-order valence-corrected chi connectivity index (χ0v) is 11.7. The highest BCUT2D eigenvalue weighted by molar-refractivity contribution is 5.99. The van der Waals surface area contributed by atoms with Gasteiger partial charge in [0.25, 0.3) is 5.91 Å². The van der Waals surface area contributed by atoms with Crippen LogP contribution in [0.2, 0.25) is 0 Å². The molecule has 0 bridgehead atoms. The maximum absolute atomic E-state index is 12.0. The number of unbranched alkanes of at least 4 members (excludes halogenated alkanes) is 1. The first-order valence-corrected chi connectivity index (χ1v) is 6.71. The van der Waals surface area contributed by atoms with Crippen LogP contribution in [0.15, 0.2) is 22.8 Å². The molecule has 0 spiro atoms. The summed E-state index contributed by atoms with van der Waals surface area (Å²) in [6.45, 7) is 2.68. The minimum absolute atomic E-state index is 0.0188. The molecule has 20 heavy (non-hydrogen) atoms. The second kappa shape index (κ2) is 6.27. The molecule has 2 rings (SSSR count). The quantitative estimate of drug-likeness (QED) is 0.784. The lowest BCUT2D eigenvalue weighted by molar-refractivity contribution is -0.120. The van der Waals surface area contributed by atoms with Crippen molar-refractivity contribution in [3.05, 3.63) is 24.1 Å². The van der Waals surface area contributed by atoms with Gasteiger partial charge in [0, 0.05) is 25.7 Å². The van der Waals surface area contributed by atoms with E-state index in [1.165, 1.54) is 0 Å². The van der Waals surface area contributed by atoms with E-state index in [-0.39, 0.29) is 18.4 Å². The summed E-state index contributed by atoms with van der Waals surface area (Å²) >= 11 is 0. The number of amides is 2. The number of nitrogens with one attached hydrogen (secondary N) is 2. The predicted octanol–water partition coefficient (Wildman–Crippen LogP) is 1.42. The SMILES string of the molecule is CCCCNC(=O)CNC(=O)c1cc2occc2n1C. The van der Waals surface area contributed by atoms with E-state index in [0.717, 1.165) is 18.4 Å². The van der Waals surface area contributed by atoms with Crippen LogP contribution in [-0.4, -0.2) is 29.5 Å². The van der Waals surface area contributed by atoms with Gasteiger partial charge >= 0.3 is 0 Å². The number of carbonyl (C=O) groups excluding carboxylic acids is 2. The van der Waals surface area contributed by atoms with Crippen molar-refractivity contribution < 1.29 is 14.0 Å². The van der Waals surface area contributed by atoms with Crippen LogP contribution in [0.25, 0.3) is 11.1 Å². The van der Waals surface area contributed by atoms with Gasteiger partial charge in [-0.2, -0.15) is 0 Å². The van der Waals surface area contributed by atoms with Gasteiger partial charge in [-0.15, -0.1) is 0 Å². The minimum atomic E-state index is -0.287. The van der Waals surface area contributed by atoms with E-state index in [9.17, 15) is 9.59 Å². The van der Waals surface area contributed by atoms with E-state index in [4.69, 9.17) is 4.42 Å². The molecule has 6 heteroatoms. The molecule has 108 valence electrons. The van der Waals surface area contributed by atoms with Crippen LogP contribution in [0.1, 0.15) is 30.3 Å². The Labute approximate surface area is 117 Å². The van der Waals surface area contributed by atoms with Gasteiger partial charge in [0.1, 0.15) is 5.69 Å². The Bertz CT molecular complexity index is 612. The Morgan fingerprint density at radius 2 is 2.15 bits per heavy atom. The normalized spacial score (nSPS) is 10.7. The molecule has 0 unspecified atom stereocenters. The molecule has 0 aliphatic rings. The predicted molar refractivity (Wildman–Crippen MR) is 75.4 cm³/mol. The summed E-state index contributed by atoms with van der Waals surface area (Å²) in [5.74, 6) is -0.464. The maximum atomic E-state index is 12.0. The van der Waals surface area contributed by atoms with Gasteiger partial charge in [0.05, 0.1) is 18.3 Å². The number of nitrogens with zero attached hydrogens (tertiary/aromatic N) is 1. The lowest BCUT2D eigenvalue weighted by atomic mass is 10.3. The molecule has 0 aromatic carbocycles. The number of aryl methyl sites for hydroxylation is 1. The molecule has 0 atom stereocenters. The molecule has 0 saturated heterocycles. The summed E-state index contributed by atoms with van der Waals surface area (Å²) < 4.78 is 6.98. The first-order valence-electron chi connectivity index (χ1n) is 6.71. The number of fused-ring (bicyclic) bond motifs is 1. The fourth-order valence-electron chi connectivity index (χ4n) is 1.99. The van der Waals surface area contributed by atoms with Crippen molar-refractivity contribution in [3.63, 3.8) is 0 Å². The fourth-order valence-corrected chi connectivity index (χ4v) is 1.99. The molecule has 0 aliphatic carbocycles. The maximum Gasteiger partial charge on any atom is 0.268 e. The Hall–Kier alpha value is -2.24. The van der Waals surface area contributed by atoms with Crippen molar-refractivity contribution in [1.29, 1.82) is 0 Å². The molecular weight excluding hydrogens is 258 g/mol. The van der Waals surface area contributed by atoms with Crippen molar-refractivity contribution in [2.45, 2.75) is 19.8 Å². The van der Waals surface area contributed by atoms with Crippen LogP contribution in [0, 0.1) is 0 Å². The molecule has 6 nitrogen and oxygen atoms in total. The third kappa shape index (κ3) is 3.01. The van der Waals surface area contributed by atoms with Gasteiger partial charge in [-0.3, -0.25) is 9.59 Å². The van der Waals surface area contributed by atoms with Gasteiger partial charge < -0.3 is 19.6 Å². The summed E-state index contributed by atoms with van der Waals surface area (Å²) in [6, 6.07) is 3.46. The van der Waals surface area contributed by atoms with Crippen molar-refractivity contribution in [1.82, 2.24) is 15.2 Å². The van der Waals surface area contributed by atoms with Gasteiger partial charge in [-0.1, -0.05) is 13.3 Å². The van der Waals surface area contributed by atoms with Crippen molar-refractivity contribution in [2.75, 3.05) is 13.1 Å². The first kappa shape index (κ1) is 14.2. The summed E-state index contributed by atoms with van der Waals surface area (Å²) in [7, 11) is 1.79. The highest BCUT2D eigenvalue weighted by Crippen LogP contribution is 2.19. The smallest absolute Gasteiger partial charge is 0.268 e. The number of carbonyl (C=O) groups is 2. The van der Waals surface area contributed by atoms with Gasteiger partial charge in [-0.25, -0.2) is 0 Å². The van der Waals surface area contributed by atoms with Crippen molar-refractivity contribution in [3.8, 4) is 0 Å². The second-order valence-corrected chi connectivity index (χ2v) is 4.64. The lowest BCUT2D eigenvalue weighted by Crippen LogP contribution is -2.37. The average Bonchev–Trinajstić information content (AvgIpc) is 3.00. The van der Waals surface area contributed by atoms with E-state index in [1.807, 2.05) is 0 Å². The minimum Gasteiger partial charge on any atom is -0.463 e. The number of rotatable bonds is 6. The monoisotopic (exact) mass is 277 g/mol. The summed E-state index contributed by atoms with van der Waals surface area (Å²) in [4.78, 5) is 23.5. The molecular formula is C14H19N3O3. The van der Waals surface area contributed by atoms with Crippen LogP contribution in [0.3, 0.4) is 0 Å². The standard InChI is InChI=1S/C14H19N3O3/c1-3-4-6-15-13(18)9-16-14(19)11-8-12-10(17(11)2)5-7-20-12/h5,7-8H,3-4,6,9H2,1-2H3,(H,15,18)(H,16,19). The lowest BCUT2D eigenvalue weighted by Gasteiger charge is -2.07. The van der Waals surface area contributed by atoms with E-state index in [1.54, 1.807) is 30.0 Å². The molecule has 0 fully saturated rings. The summed E-state index contributed by atoms with van der Waals surface area (Å²) in [5.41, 5.74) is 1.98. The van der Waals surface area contributed by atoms with Crippen LogP contribution >= 0.6 is 0 Å². The van der Waals surface area contributed by atoms with E-state index in [2.05, 4.69) is 17.6 Å². The molecule has 2 aromatic rings. The average molecular weight is 277 g/mol. The Kier molecular flexibility index (Phi) is 4.45. The topological polar surface area (TPSA) is 76.3 Å². The fraction of sp³-hybridized carbons (Fsp3) is 0.429. The number of furan rings is 1. The van der Waals surface area contributed by atoms with E-state index in [0.29, 0.717) is 17.8 Å². The van der Waals surface area contributed by atoms with Gasteiger partial charge in [0.2, 0.25) is 5.91 Å². The Morgan fingerprint density at radius 1 is 1.35 bits per heavy atom. The molecule has 0 saturated carbocycles. The molecule has 2 heterocycles. The first-order chi connectivity index (χ1) is 9.63. The van der Waals surface area contributed by atoms with E-state index < -0.39 is 0 Å². The number of hydrogen-bond acceptors (Lipinski definition) is 3. The number of hydrogen-bond donors (Lipinski definition) is 2. The highest BCUT2D eigenvalue weighted by atomic mass is 16.3. The van der Waals surface area contributed by atoms with Gasteiger partial charge in [0.15, 0.2) is 5.58 Å². The molecule has 2 N–H and O–H groups in total. The third-order valence-corrected chi connectivity index (χ3v) is 3.16. The molecule has 0 aliphatic heterocycles. The zero-order valence-electron chi connectivity index (χ0n) is 11.7. The summed E-state index contributed by atoms with van der Waals surface area (Å²) in [5, 5.41) is 5.35. The van der Waals surface area contributed by atoms with E-state index >= 15 is 0 Å². The molecule has 2 aromatic heterocycles. The number of aromatic nitrogens is 1. The van der Waals surface area contributed by atoms with Crippen LogP contribution in [0.5, 0.6) is 0 Å². The second-order valence-electron chi connectivity index (χ2n) is 4.64. The Balaban J connectivity index is 1.90. The molecule has 0 radical (unpaired) electrons. The van der Waals surface area contributed by atoms with Crippen molar-refractivity contribution in [2.24, 2.45) is 7.05 Å². The zero-order chi connectivity index (χ0) is 14.5. The van der Waals surface area contributed by atoms with Crippen LogP contribution in [-0.2, 0) is 11.8 Å². The largest absolute Gasteiger partial charge is 0.463 e. The summed E-state index contributed by atoms with van der Waals surface area (Å²) in [6.07, 6.45) is 3.54. The van der Waals surface area contributed by atoms with Crippen LogP contribution < -0.4 is 10.6 Å². The highest BCUT2D eigenvalue weighted by Gasteiger charge is 2.15. The molecule has 2 amide bonds. The van der Waals surface area contributed by atoms with Crippen LogP contribution in [0.4, 0.5) is 0 Å².